The Morgan fingerprint density at radius 3 is 2.33 bits per heavy atom. The minimum atomic E-state index is -0.691. The summed E-state index contributed by atoms with van der Waals surface area (Å²) >= 11 is 0. The van der Waals surface area contributed by atoms with E-state index in [0.29, 0.717) is 23.7 Å². The van der Waals surface area contributed by atoms with Gasteiger partial charge in [-0.15, -0.1) is 0 Å². The normalized spacial score (nSPS) is 10.6. The molecule has 36 heavy (non-hydrogen) atoms. The molecular formula is C26H25N3O7. The molecule has 10 heteroatoms. The molecule has 10 nitrogen and oxygen atoms in total. The van der Waals surface area contributed by atoms with E-state index in [1.165, 1.54) is 36.5 Å². The Labute approximate surface area is 207 Å². The van der Waals surface area contributed by atoms with Gasteiger partial charge in [-0.1, -0.05) is 18.2 Å². The third-order valence-corrected chi connectivity index (χ3v) is 4.94. The highest BCUT2D eigenvalue weighted by molar-refractivity contribution is 5.92. The van der Waals surface area contributed by atoms with Crippen LogP contribution in [0.25, 0.3) is 0 Å². The highest BCUT2D eigenvalue weighted by atomic mass is 16.6. The Balaban J connectivity index is 1.61. The maximum Gasteiger partial charge on any atom is 0.343 e. The van der Waals surface area contributed by atoms with Crippen LogP contribution in [-0.2, 0) is 4.79 Å². The van der Waals surface area contributed by atoms with Crippen molar-refractivity contribution < 1.29 is 28.7 Å². The number of hydrogen-bond donors (Lipinski definition) is 1. The summed E-state index contributed by atoms with van der Waals surface area (Å²) in [6.45, 7) is 5.71. The number of non-ortho nitro benzene ring substituents is 1. The maximum absolute atomic E-state index is 12.5. The van der Waals surface area contributed by atoms with Crippen molar-refractivity contribution in [3.63, 3.8) is 0 Å². The second-order valence-corrected chi connectivity index (χ2v) is 7.64. The van der Waals surface area contributed by atoms with Crippen molar-refractivity contribution in [2.45, 2.75) is 20.8 Å². The first kappa shape index (κ1) is 25.9. The number of hydrogen-bond acceptors (Lipinski definition) is 8. The van der Waals surface area contributed by atoms with Gasteiger partial charge in [0.15, 0.2) is 18.1 Å². The first-order valence-electron chi connectivity index (χ1n) is 11.0. The van der Waals surface area contributed by atoms with Crippen LogP contribution in [0.15, 0.2) is 65.8 Å². The molecule has 1 N–H and O–H groups in total. The summed E-state index contributed by atoms with van der Waals surface area (Å²) in [4.78, 5) is 34.8. The number of para-hydroxylation sites is 1. The fourth-order valence-corrected chi connectivity index (χ4v) is 3.21. The van der Waals surface area contributed by atoms with Crippen LogP contribution in [0.5, 0.6) is 17.2 Å². The molecule has 3 aromatic carbocycles. The summed E-state index contributed by atoms with van der Waals surface area (Å²) in [6.07, 6.45) is 1.42. The summed E-state index contributed by atoms with van der Waals surface area (Å²) in [6, 6.07) is 15.6. The van der Waals surface area contributed by atoms with Gasteiger partial charge in [0, 0.05) is 12.1 Å². The number of hydrazone groups is 1. The molecule has 0 heterocycles. The molecule has 0 aromatic heterocycles. The van der Waals surface area contributed by atoms with Crippen molar-refractivity contribution in [2.24, 2.45) is 5.10 Å². The van der Waals surface area contributed by atoms with Crippen LogP contribution in [0.4, 0.5) is 5.69 Å². The summed E-state index contributed by atoms with van der Waals surface area (Å²) in [5, 5.41) is 14.7. The predicted molar refractivity (Wildman–Crippen MR) is 133 cm³/mol. The number of aryl methyl sites for hydroxylation is 2. The van der Waals surface area contributed by atoms with Crippen molar-refractivity contribution >= 4 is 23.8 Å². The molecule has 0 atom stereocenters. The third kappa shape index (κ3) is 6.89. The maximum atomic E-state index is 12.5. The number of esters is 1. The number of nitro benzene ring substituents is 1. The molecule has 186 valence electrons. The standard InChI is InChI=1S/C26H25N3O7/c1-4-34-23-14-19(15-27-28-24(30)16-35-25-17(2)6-5-7-18(25)3)8-13-22(23)36-26(31)20-9-11-21(12-10-20)29(32)33/h5-15H,4,16H2,1-3H3,(H,28,30)/b27-15+. The van der Waals surface area contributed by atoms with Gasteiger partial charge in [-0.25, -0.2) is 10.2 Å². The Morgan fingerprint density at radius 1 is 1.00 bits per heavy atom. The molecule has 0 saturated carbocycles. The van der Waals surface area contributed by atoms with E-state index in [1.54, 1.807) is 19.1 Å². The lowest BCUT2D eigenvalue weighted by molar-refractivity contribution is -0.384. The summed E-state index contributed by atoms with van der Waals surface area (Å²) in [5.41, 5.74) is 4.88. The molecule has 0 fully saturated rings. The van der Waals surface area contributed by atoms with Crippen LogP contribution in [-0.4, -0.2) is 36.2 Å². The molecule has 0 unspecified atom stereocenters. The molecule has 0 radical (unpaired) electrons. The highest BCUT2D eigenvalue weighted by Gasteiger charge is 2.15. The van der Waals surface area contributed by atoms with Crippen LogP contribution in [0.2, 0.25) is 0 Å². The fourth-order valence-electron chi connectivity index (χ4n) is 3.21. The van der Waals surface area contributed by atoms with Crippen LogP contribution in [0.1, 0.15) is 34.0 Å². The number of rotatable bonds is 10. The van der Waals surface area contributed by atoms with Gasteiger partial charge < -0.3 is 14.2 Å². The van der Waals surface area contributed by atoms with Crippen LogP contribution in [0.3, 0.4) is 0 Å². The molecule has 0 bridgehead atoms. The highest BCUT2D eigenvalue weighted by Crippen LogP contribution is 2.29. The van der Waals surface area contributed by atoms with Gasteiger partial charge in [0.1, 0.15) is 5.75 Å². The number of nitro groups is 1. The largest absolute Gasteiger partial charge is 0.490 e. The van der Waals surface area contributed by atoms with Crippen molar-refractivity contribution in [1.82, 2.24) is 5.43 Å². The van der Waals surface area contributed by atoms with E-state index in [-0.39, 0.29) is 23.6 Å². The zero-order chi connectivity index (χ0) is 26.1. The van der Waals surface area contributed by atoms with Crippen molar-refractivity contribution in [2.75, 3.05) is 13.2 Å². The number of carbonyl (C=O) groups is 2. The Kier molecular flexibility index (Phi) is 8.71. The molecule has 3 aromatic rings. The molecule has 0 aliphatic rings. The van der Waals surface area contributed by atoms with E-state index in [4.69, 9.17) is 14.2 Å². The average Bonchev–Trinajstić information content (AvgIpc) is 2.85. The minimum Gasteiger partial charge on any atom is -0.490 e. The lowest BCUT2D eigenvalue weighted by atomic mass is 10.1. The number of carbonyl (C=O) groups excluding carboxylic acids is 2. The van der Waals surface area contributed by atoms with E-state index < -0.39 is 16.8 Å². The summed E-state index contributed by atoms with van der Waals surface area (Å²) in [7, 11) is 0. The van der Waals surface area contributed by atoms with Crippen molar-refractivity contribution in [3.8, 4) is 17.2 Å². The Hall–Kier alpha value is -4.73. The predicted octanol–water partition coefficient (Wildman–Crippen LogP) is 4.36. The average molecular weight is 492 g/mol. The topological polar surface area (TPSA) is 129 Å². The molecular weight excluding hydrogens is 466 g/mol. The monoisotopic (exact) mass is 491 g/mol. The van der Waals surface area contributed by atoms with Gasteiger partial charge in [0.25, 0.3) is 11.6 Å². The van der Waals surface area contributed by atoms with Crippen molar-refractivity contribution in [1.29, 1.82) is 0 Å². The van der Waals surface area contributed by atoms with Gasteiger partial charge >= 0.3 is 5.97 Å². The lowest BCUT2D eigenvalue weighted by Gasteiger charge is -2.11. The second-order valence-electron chi connectivity index (χ2n) is 7.64. The van der Waals surface area contributed by atoms with Crippen LogP contribution >= 0.6 is 0 Å². The van der Waals surface area contributed by atoms with E-state index in [9.17, 15) is 19.7 Å². The summed E-state index contributed by atoms with van der Waals surface area (Å²) in [5.74, 6) is 0.0117. The number of benzene rings is 3. The van der Waals surface area contributed by atoms with Gasteiger partial charge in [-0.2, -0.15) is 5.10 Å². The number of amides is 1. The number of nitrogens with zero attached hydrogens (tertiary/aromatic N) is 2. The van der Waals surface area contributed by atoms with E-state index >= 15 is 0 Å². The third-order valence-electron chi connectivity index (χ3n) is 4.94. The van der Waals surface area contributed by atoms with Gasteiger partial charge in [-0.3, -0.25) is 14.9 Å². The smallest absolute Gasteiger partial charge is 0.343 e. The van der Waals surface area contributed by atoms with Gasteiger partial charge in [-0.05, 0) is 67.8 Å². The first-order valence-corrected chi connectivity index (χ1v) is 11.0. The number of nitrogens with one attached hydrogen (secondary N) is 1. The fraction of sp³-hybridized carbons (Fsp3) is 0.192. The molecule has 0 aliphatic heterocycles. The zero-order valence-electron chi connectivity index (χ0n) is 20.0. The zero-order valence-corrected chi connectivity index (χ0v) is 20.0. The molecule has 0 spiro atoms. The second kappa shape index (κ2) is 12.1. The molecule has 1 amide bonds. The molecule has 0 saturated heterocycles. The molecule has 3 rings (SSSR count). The minimum absolute atomic E-state index is 0.130. The van der Waals surface area contributed by atoms with Gasteiger partial charge in [0.05, 0.1) is 23.3 Å². The number of ether oxygens (including phenoxy) is 3. The van der Waals surface area contributed by atoms with Crippen molar-refractivity contribution in [3.05, 3.63) is 93.0 Å². The van der Waals surface area contributed by atoms with E-state index in [2.05, 4.69) is 10.5 Å². The Morgan fingerprint density at radius 2 is 1.69 bits per heavy atom. The van der Waals surface area contributed by atoms with E-state index in [0.717, 1.165) is 11.1 Å². The van der Waals surface area contributed by atoms with Crippen LogP contribution < -0.4 is 19.6 Å². The van der Waals surface area contributed by atoms with Gasteiger partial charge in [0.2, 0.25) is 0 Å². The lowest BCUT2D eigenvalue weighted by Crippen LogP contribution is -2.25. The van der Waals surface area contributed by atoms with E-state index in [1.807, 2.05) is 32.0 Å². The Bertz CT molecular complexity index is 1270. The summed E-state index contributed by atoms with van der Waals surface area (Å²) < 4.78 is 16.6. The molecule has 0 aliphatic carbocycles. The quantitative estimate of drug-likeness (QED) is 0.147. The first-order chi connectivity index (χ1) is 17.3. The van der Waals surface area contributed by atoms with Crippen LogP contribution in [0, 0.1) is 24.0 Å². The SMILES string of the molecule is CCOc1cc(/C=N/NC(=O)COc2c(C)cccc2C)ccc1OC(=O)c1ccc([N+](=O)[O-])cc1.